The van der Waals surface area contributed by atoms with E-state index < -0.39 is 0 Å². The van der Waals surface area contributed by atoms with Gasteiger partial charge in [-0.15, -0.1) is 21.5 Å². The van der Waals surface area contributed by atoms with E-state index in [-0.39, 0.29) is 6.54 Å². The van der Waals surface area contributed by atoms with Crippen LogP contribution >= 0.6 is 11.3 Å². The van der Waals surface area contributed by atoms with Crippen LogP contribution in [-0.4, -0.2) is 32.2 Å². The molecule has 0 atom stereocenters. The second-order valence-corrected chi connectivity index (χ2v) is 7.54. The number of hydrogen-bond donors (Lipinski definition) is 2. The van der Waals surface area contributed by atoms with E-state index in [0.29, 0.717) is 6.54 Å². The van der Waals surface area contributed by atoms with Crippen molar-refractivity contribution in [3.05, 3.63) is 63.0 Å². The summed E-state index contributed by atoms with van der Waals surface area (Å²) in [5, 5.41) is 18.3. The van der Waals surface area contributed by atoms with Crippen molar-refractivity contribution in [2.75, 3.05) is 6.54 Å². The minimum Gasteiger partial charge on any atom is -0.316 e. The monoisotopic (exact) mass is 377 g/mol. The van der Waals surface area contributed by atoms with Crippen LogP contribution in [0.5, 0.6) is 0 Å². The van der Waals surface area contributed by atoms with Crippen molar-refractivity contribution >= 4 is 17.0 Å². The highest BCUT2D eigenvalue weighted by atomic mass is 32.1. The van der Waals surface area contributed by atoms with Crippen molar-refractivity contribution in [1.82, 2.24) is 20.2 Å². The van der Waals surface area contributed by atoms with Gasteiger partial charge in [-0.2, -0.15) is 5.48 Å². The van der Waals surface area contributed by atoms with Crippen molar-refractivity contribution in [2.24, 2.45) is 4.99 Å². The molecule has 2 aromatic heterocycles. The highest BCUT2D eigenvalue weighted by Gasteiger charge is 2.26. The van der Waals surface area contributed by atoms with Gasteiger partial charge in [-0.05, 0) is 38.5 Å². The molecule has 1 aromatic carbocycles. The summed E-state index contributed by atoms with van der Waals surface area (Å²) in [5.74, 6) is 7.60. The molecule has 4 rings (SSSR count). The van der Waals surface area contributed by atoms with Gasteiger partial charge in [0, 0.05) is 21.6 Å². The Labute approximate surface area is 161 Å². The number of nitrogens with one attached hydrogen (secondary N) is 1. The maximum Gasteiger partial charge on any atom is 0.160 e. The summed E-state index contributed by atoms with van der Waals surface area (Å²) in [5.41, 5.74) is 7.36. The van der Waals surface area contributed by atoms with Crippen LogP contribution in [-0.2, 0) is 6.54 Å². The molecule has 0 saturated carbocycles. The minimum absolute atomic E-state index is 0.240. The van der Waals surface area contributed by atoms with Crippen LogP contribution in [0.2, 0.25) is 0 Å². The standard InChI is InChI=1S/C20H19N5OS/c1-12-13(2)27-20-18(12)19(21-11-17-24-23-14(3)25(17)20)16-8-6-15(7-9-16)5-4-10-22-26/h6-9,22,26H,10-11H2,1-3H3. The highest BCUT2D eigenvalue weighted by Crippen LogP contribution is 2.36. The van der Waals surface area contributed by atoms with Crippen LogP contribution in [0, 0.1) is 32.6 Å². The normalized spacial score (nSPS) is 12.5. The lowest BCUT2D eigenvalue weighted by Gasteiger charge is -2.09. The van der Waals surface area contributed by atoms with E-state index in [1.807, 2.05) is 36.7 Å². The zero-order valence-electron chi connectivity index (χ0n) is 15.4. The molecule has 0 saturated heterocycles. The van der Waals surface area contributed by atoms with E-state index in [9.17, 15) is 0 Å². The van der Waals surface area contributed by atoms with Gasteiger partial charge in [0.25, 0.3) is 0 Å². The lowest BCUT2D eigenvalue weighted by molar-refractivity contribution is 0.181. The number of thiophene rings is 1. The Morgan fingerprint density at radius 3 is 2.70 bits per heavy atom. The number of aliphatic imine (C=N–C) groups is 1. The smallest absolute Gasteiger partial charge is 0.160 e. The lowest BCUT2D eigenvalue weighted by Crippen LogP contribution is -2.07. The SMILES string of the molecule is Cc1sc2c(c1C)C(c1ccc(C#CCNO)cc1)=NCc1nnc(C)n1-2. The molecule has 0 amide bonds. The van der Waals surface area contributed by atoms with Crippen LogP contribution in [0.4, 0.5) is 0 Å². The number of aromatic nitrogens is 3. The first-order valence-electron chi connectivity index (χ1n) is 8.62. The summed E-state index contributed by atoms with van der Waals surface area (Å²) >= 11 is 1.76. The summed E-state index contributed by atoms with van der Waals surface area (Å²) in [4.78, 5) is 6.16. The number of hydrogen-bond acceptors (Lipinski definition) is 6. The van der Waals surface area contributed by atoms with Crippen molar-refractivity contribution in [2.45, 2.75) is 27.3 Å². The molecule has 7 heteroatoms. The van der Waals surface area contributed by atoms with Gasteiger partial charge in [0.05, 0.1) is 12.3 Å². The predicted molar refractivity (Wildman–Crippen MR) is 106 cm³/mol. The maximum atomic E-state index is 8.60. The van der Waals surface area contributed by atoms with E-state index in [4.69, 9.17) is 10.2 Å². The first-order valence-corrected chi connectivity index (χ1v) is 9.44. The van der Waals surface area contributed by atoms with Gasteiger partial charge in [-0.25, -0.2) is 0 Å². The molecular weight excluding hydrogens is 358 g/mol. The molecule has 3 heterocycles. The number of aryl methyl sites for hydroxylation is 2. The minimum atomic E-state index is 0.240. The third-order valence-corrected chi connectivity index (χ3v) is 5.83. The highest BCUT2D eigenvalue weighted by molar-refractivity contribution is 7.15. The quantitative estimate of drug-likeness (QED) is 0.532. The van der Waals surface area contributed by atoms with E-state index in [0.717, 1.165) is 39.1 Å². The Kier molecular flexibility index (Phi) is 4.62. The zero-order valence-corrected chi connectivity index (χ0v) is 16.2. The molecule has 0 spiro atoms. The van der Waals surface area contributed by atoms with E-state index in [2.05, 4.69) is 40.5 Å². The van der Waals surface area contributed by atoms with Crippen LogP contribution in [0.1, 0.15) is 38.8 Å². The van der Waals surface area contributed by atoms with Gasteiger partial charge in [-0.3, -0.25) is 9.56 Å². The Morgan fingerprint density at radius 1 is 1.19 bits per heavy atom. The number of nitrogens with zero attached hydrogens (tertiary/aromatic N) is 4. The summed E-state index contributed by atoms with van der Waals surface area (Å²) in [6, 6.07) is 8.05. The second-order valence-electron chi connectivity index (χ2n) is 6.34. The van der Waals surface area contributed by atoms with Crippen molar-refractivity contribution < 1.29 is 5.21 Å². The third kappa shape index (κ3) is 3.08. The van der Waals surface area contributed by atoms with Gasteiger partial charge in [0.2, 0.25) is 0 Å². The molecule has 0 aliphatic carbocycles. The van der Waals surface area contributed by atoms with E-state index in [1.54, 1.807) is 11.3 Å². The Bertz CT molecular complexity index is 1100. The molecule has 1 aliphatic heterocycles. The predicted octanol–water partition coefficient (Wildman–Crippen LogP) is 2.94. The molecule has 3 aromatic rings. The summed E-state index contributed by atoms with van der Waals surface area (Å²) in [7, 11) is 0. The van der Waals surface area contributed by atoms with Crippen LogP contribution in [0.15, 0.2) is 29.3 Å². The van der Waals surface area contributed by atoms with Gasteiger partial charge in [0.15, 0.2) is 5.82 Å². The first-order chi connectivity index (χ1) is 13.1. The van der Waals surface area contributed by atoms with Gasteiger partial charge in [0.1, 0.15) is 17.4 Å². The zero-order chi connectivity index (χ0) is 19.0. The van der Waals surface area contributed by atoms with Crippen LogP contribution < -0.4 is 5.48 Å². The van der Waals surface area contributed by atoms with Crippen molar-refractivity contribution in [1.29, 1.82) is 0 Å². The number of rotatable bonds is 2. The summed E-state index contributed by atoms with van der Waals surface area (Å²) in [6.45, 7) is 7.00. The molecular formula is C20H19N5OS. The number of fused-ring (bicyclic) bond motifs is 3. The topological polar surface area (TPSA) is 75.3 Å². The Morgan fingerprint density at radius 2 is 1.96 bits per heavy atom. The van der Waals surface area contributed by atoms with Gasteiger partial charge in [-0.1, -0.05) is 24.0 Å². The lowest BCUT2D eigenvalue weighted by atomic mass is 9.99. The molecule has 0 fully saturated rings. The average Bonchev–Trinajstić information content (AvgIpc) is 3.11. The molecule has 2 N–H and O–H groups in total. The molecule has 0 unspecified atom stereocenters. The van der Waals surface area contributed by atoms with Gasteiger partial charge < -0.3 is 5.21 Å². The summed E-state index contributed by atoms with van der Waals surface area (Å²) < 4.78 is 2.12. The van der Waals surface area contributed by atoms with E-state index in [1.165, 1.54) is 10.4 Å². The van der Waals surface area contributed by atoms with E-state index >= 15 is 0 Å². The molecule has 0 radical (unpaired) electrons. The Hall–Kier alpha value is -2.79. The fourth-order valence-corrected chi connectivity index (χ4v) is 4.41. The molecule has 136 valence electrons. The largest absolute Gasteiger partial charge is 0.316 e. The maximum absolute atomic E-state index is 8.60. The molecule has 27 heavy (non-hydrogen) atoms. The van der Waals surface area contributed by atoms with Crippen LogP contribution in [0.25, 0.3) is 5.00 Å². The third-order valence-electron chi connectivity index (χ3n) is 4.64. The first kappa shape index (κ1) is 17.6. The van der Waals surface area contributed by atoms with Crippen molar-refractivity contribution in [3.63, 3.8) is 0 Å². The second kappa shape index (κ2) is 7.08. The summed E-state index contributed by atoms with van der Waals surface area (Å²) in [6.07, 6.45) is 0. The van der Waals surface area contributed by atoms with Crippen LogP contribution in [0.3, 0.4) is 0 Å². The molecule has 6 nitrogen and oxygen atoms in total. The Balaban J connectivity index is 1.81. The van der Waals surface area contributed by atoms with Crippen molar-refractivity contribution in [3.8, 4) is 16.8 Å². The molecule has 1 aliphatic rings. The van der Waals surface area contributed by atoms with Gasteiger partial charge >= 0.3 is 0 Å². The fourth-order valence-electron chi connectivity index (χ4n) is 3.18. The average molecular weight is 377 g/mol. The fraction of sp³-hybridized carbons (Fsp3) is 0.250. The number of hydroxylamine groups is 1. The number of benzene rings is 1. The molecule has 0 bridgehead atoms.